The smallest absolute Gasteiger partial charge is 0.130 e. The monoisotopic (exact) mass is 293 g/mol. The Balaban J connectivity index is 2.35. The molecule has 21 heavy (non-hydrogen) atoms. The Morgan fingerprint density at radius 3 is 2.38 bits per heavy atom. The van der Waals surface area contributed by atoms with Crippen LogP contribution < -0.4 is 5.32 Å². The van der Waals surface area contributed by atoms with Gasteiger partial charge in [0.2, 0.25) is 0 Å². The van der Waals surface area contributed by atoms with E-state index in [-0.39, 0.29) is 5.82 Å². The number of likely N-dealkylation sites (N-methyl/N-ethyl adjacent to an activating group) is 1. The minimum atomic E-state index is -0.611. The molecule has 1 unspecified atom stereocenters. The van der Waals surface area contributed by atoms with Gasteiger partial charge in [0.15, 0.2) is 0 Å². The first-order valence-corrected chi connectivity index (χ1v) is 6.95. The van der Waals surface area contributed by atoms with Crippen molar-refractivity contribution in [3.63, 3.8) is 0 Å². The molecule has 0 spiro atoms. The summed E-state index contributed by atoms with van der Waals surface area (Å²) in [6.45, 7) is 4.09. The maximum atomic E-state index is 14.0. The van der Waals surface area contributed by atoms with Gasteiger partial charge in [0, 0.05) is 17.7 Å². The van der Waals surface area contributed by atoms with Gasteiger partial charge in [-0.05, 0) is 43.1 Å². The van der Waals surface area contributed by atoms with Gasteiger partial charge in [-0.15, -0.1) is 0 Å². The van der Waals surface area contributed by atoms with Gasteiger partial charge < -0.3 is 5.32 Å². The molecule has 2 aromatic rings. The lowest BCUT2D eigenvalue weighted by Gasteiger charge is -2.20. The first-order chi connectivity index (χ1) is 10.0. The van der Waals surface area contributed by atoms with E-state index in [4.69, 9.17) is 0 Å². The van der Waals surface area contributed by atoms with Gasteiger partial charge in [0.05, 0.1) is 0 Å². The molecule has 0 aliphatic heterocycles. The van der Waals surface area contributed by atoms with E-state index in [1.165, 1.54) is 12.1 Å². The topological polar surface area (TPSA) is 12.0 Å². The Labute approximate surface area is 122 Å². The average molecular weight is 293 g/mol. The molecule has 2 aromatic carbocycles. The Bertz CT molecular complexity index is 625. The zero-order valence-corrected chi connectivity index (χ0v) is 12.1. The molecule has 0 aromatic heterocycles. The predicted molar refractivity (Wildman–Crippen MR) is 77.6 cm³/mol. The van der Waals surface area contributed by atoms with Gasteiger partial charge in [-0.2, -0.15) is 0 Å². The Morgan fingerprint density at radius 1 is 1.00 bits per heavy atom. The van der Waals surface area contributed by atoms with Gasteiger partial charge in [-0.3, -0.25) is 0 Å². The fraction of sp³-hybridized carbons (Fsp3) is 0.294. The molecule has 0 heterocycles. The Morgan fingerprint density at radius 2 is 1.71 bits per heavy atom. The number of rotatable bonds is 5. The maximum absolute atomic E-state index is 14.0. The van der Waals surface area contributed by atoms with Crippen LogP contribution in [0.5, 0.6) is 0 Å². The molecule has 0 aliphatic rings. The summed E-state index contributed by atoms with van der Waals surface area (Å²) in [5, 5.41) is 3.13. The van der Waals surface area contributed by atoms with Crippen LogP contribution >= 0.6 is 0 Å². The third-order valence-electron chi connectivity index (χ3n) is 3.49. The summed E-state index contributed by atoms with van der Waals surface area (Å²) in [7, 11) is 0. The normalized spacial score (nSPS) is 12.4. The third kappa shape index (κ3) is 3.64. The van der Waals surface area contributed by atoms with Crippen molar-refractivity contribution in [3.05, 3.63) is 70.5 Å². The lowest BCUT2D eigenvalue weighted by atomic mass is 9.96. The molecule has 0 radical (unpaired) electrons. The second kappa shape index (κ2) is 6.76. The van der Waals surface area contributed by atoms with Crippen LogP contribution in [0.4, 0.5) is 13.2 Å². The molecule has 1 atom stereocenters. The number of halogens is 3. The van der Waals surface area contributed by atoms with Crippen molar-refractivity contribution in [3.8, 4) is 0 Å². The second-order valence-electron chi connectivity index (χ2n) is 5.03. The summed E-state index contributed by atoms with van der Waals surface area (Å²) >= 11 is 0. The number of aryl methyl sites for hydroxylation is 1. The molecule has 1 N–H and O–H groups in total. The van der Waals surface area contributed by atoms with Crippen LogP contribution in [0.2, 0.25) is 0 Å². The zero-order chi connectivity index (χ0) is 15.4. The summed E-state index contributed by atoms with van der Waals surface area (Å²) in [6.07, 6.45) is 0.308. The summed E-state index contributed by atoms with van der Waals surface area (Å²) < 4.78 is 41.2. The van der Waals surface area contributed by atoms with Crippen LogP contribution in [-0.2, 0) is 6.42 Å². The maximum Gasteiger partial charge on any atom is 0.130 e. The van der Waals surface area contributed by atoms with E-state index in [9.17, 15) is 13.2 Å². The highest BCUT2D eigenvalue weighted by Gasteiger charge is 2.18. The van der Waals surface area contributed by atoms with Crippen LogP contribution in [0.1, 0.15) is 29.7 Å². The summed E-state index contributed by atoms with van der Waals surface area (Å²) in [5.41, 5.74) is 1.24. The van der Waals surface area contributed by atoms with Crippen molar-refractivity contribution >= 4 is 0 Å². The first kappa shape index (κ1) is 15.6. The van der Waals surface area contributed by atoms with E-state index in [1.807, 2.05) is 6.92 Å². The van der Waals surface area contributed by atoms with E-state index in [2.05, 4.69) is 5.32 Å². The first-order valence-electron chi connectivity index (χ1n) is 6.95. The molecule has 0 saturated heterocycles. The van der Waals surface area contributed by atoms with Crippen molar-refractivity contribution in [1.29, 1.82) is 0 Å². The lowest BCUT2D eigenvalue weighted by molar-refractivity contribution is 0.491. The minimum Gasteiger partial charge on any atom is -0.310 e. The van der Waals surface area contributed by atoms with Crippen molar-refractivity contribution in [1.82, 2.24) is 5.32 Å². The molecule has 2 rings (SSSR count). The van der Waals surface area contributed by atoms with E-state index in [0.717, 1.165) is 6.07 Å². The van der Waals surface area contributed by atoms with E-state index >= 15 is 0 Å². The van der Waals surface area contributed by atoms with E-state index in [0.29, 0.717) is 29.7 Å². The lowest BCUT2D eigenvalue weighted by Crippen LogP contribution is -2.24. The minimum absolute atomic E-state index is 0.308. The SMILES string of the molecule is CCNC(Cc1ccccc1F)c1cc(C)c(F)cc1F. The predicted octanol–water partition coefficient (Wildman–Crippen LogP) is 4.31. The van der Waals surface area contributed by atoms with Gasteiger partial charge in [-0.25, -0.2) is 13.2 Å². The highest BCUT2D eigenvalue weighted by atomic mass is 19.1. The highest BCUT2D eigenvalue weighted by Crippen LogP contribution is 2.25. The van der Waals surface area contributed by atoms with Crippen molar-refractivity contribution in [2.24, 2.45) is 0 Å². The Hall–Kier alpha value is -1.81. The molecule has 0 aliphatic carbocycles. The number of hydrogen-bond acceptors (Lipinski definition) is 1. The summed E-state index contributed by atoms with van der Waals surface area (Å²) in [5.74, 6) is -1.50. The standard InChI is InChI=1S/C17H18F3N/c1-3-21-17(9-12-6-4-5-7-14(12)18)13-8-11(2)15(19)10-16(13)20/h4-8,10,17,21H,3,9H2,1-2H3. The number of hydrogen-bond donors (Lipinski definition) is 1. The van der Waals surface area contributed by atoms with Crippen LogP contribution in [0.3, 0.4) is 0 Å². The van der Waals surface area contributed by atoms with Crippen molar-refractivity contribution in [2.75, 3.05) is 6.54 Å². The second-order valence-corrected chi connectivity index (χ2v) is 5.03. The van der Waals surface area contributed by atoms with Crippen LogP contribution in [0, 0.1) is 24.4 Å². The largest absolute Gasteiger partial charge is 0.310 e. The molecule has 0 amide bonds. The van der Waals surface area contributed by atoms with Gasteiger partial charge >= 0.3 is 0 Å². The van der Waals surface area contributed by atoms with Crippen LogP contribution in [0.25, 0.3) is 0 Å². The highest BCUT2D eigenvalue weighted by molar-refractivity contribution is 5.30. The van der Waals surface area contributed by atoms with Gasteiger partial charge in [0.1, 0.15) is 17.5 Å². The van der Waals surface area contributed by atoms with Crippen LogP contribution in [0.15, 0.2) is 36.4 Å². The van der Waals surface area contributed by atoms with Gasteiger partial charge in [-0.1, -0.05) is 25.1 Å². The molecule has 0 saturated carbocycles. The van der Waals surface area contributed by atoms with E-state index in [1.54, 1.807) is 25.1 Å². The third-order valence-corrected chi connectivity index (χ3v) is 3.49. The molecule has 112 valence electrons. The van der Waals surface area contributed by atoms with Gasteiger partial charge in [0.25, 0.3) is 0 Å². The number of benzene rings is 2. The molecular weight excluding hydrogens is 275 g/mol. The molecular formula is C17H18F3N. The van der Waals surface area contributed by atoms with E-state index < -0.39 is 17.7 Å². The quantitative estimate of drug-likeness (QED) is 0.866. The molecule has 1 nitrogen and oxygen atoms in total. The van der Waals surface area contributed by atoms with Crippen LogP contribution in [-0.4, -0.2) is 6.54 Å². The number of nitrogens with one attached hydrogen (secondary N) is 1. The Kier molecular flexibility index (Phi) is 5.02. The molecule has 0 fully saturated rings. The fourth-order valence-corrected chi connectivity index (χ4v) is 2.37. The molecule has 4 heteroatoms. The summed E-state index contributed by atoms with van der Waals surface area (Å²) in [6, 6.07) is 8.39. The fourth-order valence-electron chi connectivity index (χ4n) is 2.37. The zero-order valence-electron chi connectivity index (χ0n) is 12.1. The average Bonchev–Trinajstić information content (AvgIpc) is 2.45. The summed E-state index contributed by atoms with van der Waals surface area (Å²) in [4.78, 5) is 0. The van der Waals surface area contributed by atoms with Crippen molar-refractivity contribution in [2.45, 2.75) is 26.3 Å². The molecule has 0 bridgehead atoms. The van der Waals surface area contributed by atoms with Crippen molar-refractivity contribution < 1.29 is 13.2 Å².